The van der Waals surface area contributed by atoms with E-state index in [4.69, 9.17) is 29.9 Å². The van der Waals surface area contributed by atoms with Gasteiger partial charge < -0.3 is 9.13 Å². The van der Waals surface area contributed by atoms with E-state index in [1.54, 1.807) is 6.07 Å². The van der Waals surface area contributed by atoms with E-state index in [0.717, 1.165) is 93.9 Å². The van der Waals surface area contributed by atoms with Crippen molar-refractivity contribution in [1.82, 2.24) is 39.0 Å². The number of hydrogen-bond donors (Lipinski definition) is 0. The zero-order chi connectivity index (χ0) is 52.1. The smallest absolute Gasteiger partial charge is 0.164 e. The third-order valence-corrected chi connectivity index (χ3v) is 14.3. The Labute approximate surface area is 447 Å². The molecular weight excluding hydrogens is 957 g/mol. The predicted molar refractivity (Wildman–Crippen MR) is 309 cm³/mol. The molecule has 362 valence electrons. The van der Waals surface area contributed by atoms with Crippen molar-refractivity contribution < 1.29 is 0 Å². The van der Waals surface area contributed by atoms with Crippen molar-refractivity contribution in [3.63, 3.8) is 0 Å². The zero-order valence-corrected chi connectivity index (χ0v) is 41.6. The number of benzene rings is 10. The minimum atomic E-state index is 0.458. The molecular formula is C68H40N10. The summed E-state index contributed by atoms with van der Waals surface area (Å²) in [6.45, 7) is 0. The summed E-state index contributed by atoms with van der Waals surface area (Å²) in [6.07, 6.45) is 0. The number of nitrogens with zero attached hydrogens (tertiary/aromatic N) is 10. The van der Waals surface area contributed by atoms with Crippen molar-refractivity contribution in [2.75, 3.05) is 0 Å². The van der Waals surface area contributed by atoms with Crippen LogP contribution in [0.2, 0.25) is 0 Å². The van der Waals surface area contributed by atoms with Gasteiger partial charge in [-0.05, 0) is 78.4 Å². The molecule has 10 nitrogen and oxygen atoms in total. The third-order valence-electron chi connectivity index (χ3n) is 14.3. The number of aromatic nitrogens is 8. The Morgan fingerprint density at radius 3 is 1.04 bits per heavy atom. The first-order valence-electron chi connectivity index (χ1n) is 25.5. The van der Waals surface area contributed by atoms with E-state index in [1.165, 1.54) is 0 Å². The minimum absolute atomic E-state index is 0.458. The second kappa shape index (κ2) is 18.9. The maximum absolute atomic E-state index is 11.1. The van der Waals surface area contributed by atoms with Crippen molar-refractivity contribution >= 4 is 43.6 Å². The van der Waals surface area contributed by atoms with Crippen molar-refractivity contribution in [3.05, 3.63) is 254 Å². The molecule has 0 radical (unpaired) electrons. The Bertz CT molecular complexity index is 4630. The van der Waals surface area contributed by atoms with Gasteiger partial charge in [0.1, 0.15) is 0 Å². The van der Waals surface area contributed by atoms with Crippen LogP contribution in [-0.4, -0.2) is 39.0 Å². The van der Waals surface area contributed by atoms with E-state index in [-0.39, 0.29) is 0 Å². The molecule has 78 heavy (non-hydrogen) atoms. The standard InChI is InChI=1S/C68H40N10/c69-41-43-18-17-27-48(36-43)54-40-62(78-58-31-16-14-29-53(58)56-38-50(33-35-60(56)78)68-75-65(46-23-9-3-10-24-46)72-66(76-68)47-25-11-4-12-26-47)61(39-51(54)42-70)77-57-30-15-13-28-52(57)55-37-49(32-34-59(55)77)67-73-63(44-19-5-1-6-20-44)71-64(74-67)45-21-7-2-8-22-45/h1-40H. The molecule has 0 aliphatic heterocycles. The molecule has 0 N–H and O–H groups in total. The lowest BCUT2D eigenvalue weighted by Gasteiger charge is -2.19. The van der Waals surface area contributed by atoms with Crippen LogP contribution in [0, 0.1) is 22.7 Å². The quantitative estimate of drug-likeness (QED) is 0.139. The fraction of sp³-hybridized carbons (Fsp3) is 0. The number of nitriles is 2. The van der Waals surface area contributed by atoms with E-state index in [9.17, 15) is 10.5 Å². The van der Waals surface area contributed by atoms with Crippen molar-refractivity contribution in [1.29, 1.82) is 10.5 Å². The van der Waals surface area contributed by atoms with Crippen LogP contribution in [0.3, 0.4) is 0 Å². The molecule has 4 heterocycles. The highest BCUT2D eigenvalue weighted by molar-refractivity contribution is 6.13. The maximum atomic E-state index is 11.1. The number of para-hydroxylation sites is 2. The summed E-state index contributed by atoms with van der Waals surface area (Å²) in [6, 6.07) is 85.8. The summed E-state index contributed by atoms with van der Waals surface area (Å²) < 4.78 is 4.55. The SMILES string of the molecule is N#Cc1cccc(-c2cc(-n3c4ccccc4c4cc(-c5nc(-c6ccccc6)nc(-c6ccccc6)n5)ccc43)c(-n3c4ccccc4c4cc(-c5nc(-c6ccccc6)nc(-c6ccccc6)n5)ccc43)cc2C#N)c1. The molecule has 0 fully saturated rings. The Hall–Kier alpha value is -11.2. The Morgan fingerprint density at radius 2 is 0.628 bits per heavy atom. The highest BCUT2D eigenvalue weighted by Gasteiger charge is 2.24. The van der Waals surface area contributed by atoms with Gasteiger partial charge in [-0.1, -0.05) is 170 Å². The Morgan fingerprint density at radius 1 is 0.269 bits per heavy atom. The highest BCUT2D eigenvalue weighted by Crippen LogP contribution is 2.43. The number of fused-ring (bicyclic) bond motifs is 6. The molecule has 10 heteroatoms. The average molecular weight is 997 g/mol. The largest absolute Gasteiger partial charge is 0.307 e. The zero-order valence-electron chi connectivity index (χ0n) is 41.6. The van der Waals surface area contributed by atoms with Gasteiger partial charge in [0, 0.05) is 60.5 Å². The van der Waals surface area contributed by atoms with E-state index < -0.39 is 0 Å². The molecule has 0 saturated carbocycles. The van der Waals surface area contributed by atoms with E-state index in [1.807, 2.05) is 152 Å². The molecule has 0 bridgehead atoms. The Kier molecular flexibility index (Phi) is 11.0. The predicted octanol–water partition coefficient (Wildman–Crippen LogP) is 15.7. The second-order valence-electron chi connectivity index (χ2n) is 18.9. The first-order valence-corrected chi connectivity index (χ1v) is 25.5. The summed E-state index contributed by atoms with van der Waals surface area (Å²) in [5.41, 5.74) is 13.0. The van der Waals surface area contributed by atoms with Gasteiger partial charge in [-0.2, -0.15) is 10.5 Å². The molecule has 0 aliphatic rings. The summed E-state index contributed by atoms with van der Waals surface area (Å²) >= 11 is 0. The van der Waals surface area contributed by atoms with Gasteiger partial charge in [-0.3, -0.25) is 0 Å². The molecule has 0 aliphatic carbocycles. The van der Waals surface area contributed by atoms with Crippen LogP contribution >= 0.6 is 0 Å². The van der Waals surface area contributed by atoms with Crippen molar-refractivity contribution in [3.8, 4) is 103 Å². The van der Waals surface area contributed by atoms with Gasteiger partial charge in [-0.15, -0.1) is 0 Å². The first-order chi connectivity index (χ1) is 38.6. The van der Waals surface area contributed by atoms with Crippen LogP contribution in [0.4, 0.5) is 0 Å². The van der Waals surface area contributed by atoms with Crippen molar-refractivity contribution in [2.24, 2.45) is 0 Å². The van der Waals surface area contributed by atoms with Crippen LogP contribution < -0.4 is 0 Å². The summed E-state index contributed by atoms with van der Waals surface area (Å²) in [7, 11) is 0. The molecule has 0 saturated heterocycles. The number of rotatable bonds is 9. The van der Waals surface area contributed by atoms with Gasteiger partial charge in [0.15, 0.2) is 34.9 Å². The third kappa shape index (κ3) is 7.89. The lowest BCUT2D eigenvalue weighted by atomic mass is 9.97. The lowest BCUT2D eigenvalue weighted by Crippen LogP contribution is -2.05. The second-order valence-corrected chi connectivity index (χ2v) is 18.9. The lowest BCUT2D eigenvalue weighted by molar-refractivity contribution is 1.07. The molecule has 4 aromatic heterocycles. The molecule has 14 aromatic rings. The monoisotopic (exact) mass is 996 g/mol. The van der Waals surface area contributed by atoms with Crippen LogP contribution in [0.1, 0.15) is 11.1 Å². The molecule has 0 amide bonds. The van der Waals surface area contributed by atoms with Gasteiger partial charge in [-0.25, -0.2) is 29.9 Å². The normalized spacial score (nSPS) is 11.3. The van der Waals surface area contributed by atoms with Crippen LogP contribution in [-0.2, 0) is 0 Å². The van der Waals surface area contributed by atoms with E-state index in [0.29, 0.717) is 51.6 Å². The summed E-state index contributed by atoms with van der Waals surface area (Å²) in [4.78, 5) is 30.3. The molecule has 0 unspecified atom stereocenters. The fourth-order valence-corrected chi connectivity index (χ4v) is 10.6. The van der Waals surface area contributed by atoms with Gasteiger partial charge in [0.2, 0.25) is 0 Å². The average Bonchev–Trinajstić information content (AvgIpc) is 4.23. The highest BCUT2D eigenvalue weighted by atomic mass is 15.1. The van der Waals surface area contributed by atoms with Crippen LogP contribution in [0.15, 0.2) is 243 Å². The van der Waals surface area contributed by atoms with Crippen LogP contribution in [0.5, 0.6) is 0 Å². The molecule has 10 aromatic carbocycles. The summed E-state index contributed by atoms with van der Waals surface area (Å²) in [5, 5.41) is 25.2. The van der Waals surface area contributed by atoms with Gasteiger partial charge in [0.05, 0.1) is 56.7 Å². The van der Waals surface area contributed by atoms with E-state index in [2.05, 4.69) is 106 Å². The van der Waals surface area contributed by atoms with Crippen LogP contribution in [0.25, 0.3) is 134 Å². The molecule has 0 spiro atoms. The van der Waals surface area contributed by atoms with Crippen molar-refractivity contribution in [2.45, 2.75) is 0 Å². The number of hydrogen-bond acceptors (Lipinski definition) is 8. The Balaban J connectivity index is 1.01. The minimum Gasteiger partial charge on any atom is -0.307 e. The topological polar surface area (TPSA) is 135 Å². The van der Waals surface area contributed by atoms with E-state index >= 15 is 0 Å². The fourth-order valence-electron chi connectivity index (χ4n) is 10.6. The maximum Gasteiger partial charge on any atom is 0.164 e. The molecule has 0 atom stereocenters. The summed E-state index contributed by atoms with van der Waals surface area (Å²) in [5.74, 6) is 3.42. The first kappa shape index (κ1) is 45.4. The van der Waals surface area contributed by atoms with Gasteiger partial charge in [0.25, 0.3) is 0 Å². The van der Waals surface area contributed by atoms with Gasteiger partial charge >= 0.3 is 0 Å². The molecule has 14 rings (SSSR count).